The second-order valence-corrected chi connectivity index (χ2v) is 6.82. The van der Waals surface area contributed by atoms with Gasteiger partial charge in [0, 0.05) is 12.2 Å². The van der Waals surface area contributed by atoms with Crippen LogP contribution in [0.15, 0.2) is 39.2 Å². The Morgan fingerprint density at radius 2 is 2.20 bits per heavy atom. The van der Waals surface area contributed by atoms with Crippen molar-refractivity contribution in [2.75, 3.05) is 18.4 Å². The van der Waals surface area contributed by atoms with Crippen LogP contribution in [0.25, 0.3) is 0 Å². The Morgan fingerprint density at radius 1 is 1.44 bits per heavy atom. The maximum Gasteiger partial charge on any atom is 0.274 e. The van der Waals surface area contributed by atoms with E-state index in [1.165, 1.54) is 18.2 Å². The van der Waals surface area contributed by atoms with E-state index in [1.54, 1.807) is 0 Å². The zero-order valence-electron chi connectivity index (χ0n) is 12.5. The number of nitrogens with zero attached hydrogens (tertiary/aromatic N) is 1. The SMILES string of the molecule is NS(=O)(=O)NCCN=C1NON/C1=C(/NO)Nc1ccc(F)c(Br)c1. The molecule has 0 spiro atoms. The zero-order chi connectivity index (χ0) is 18.4. The summed E-state index contributed by atoms with van der Waals surface area (Å²) in [6, 6.07) is 4.15. The summed E-state index contributed by atoms with van der Waals surface area (Å²) in [5, 5.41) is 16.9. The average molecular weight is 440 g/mol. The Labute approximate surface area is 150 Å². The molecule has 0 atom stereocenters. The Balaban J connectivity index is 2.13. The highest BCUT2D eigenvalue weighted by molar-refractivity contribution is 9.10. The van der Waals surface area contributed by atoms with Gasteiger partial charge in [0.05, 0.1) is 11.0 Å². The molecule has 2 rings (SSSR count). The average Bonchev–Trinajstić information content (AvgIpc) is 3.00. The molecule has 0 aromatic heterocycles. The van der Waals surface area contributed by atoms with E-state index in [0.29, 0.717) is 5.69 Å². The number of benzene rings is 1. The van der Waals surface area contributed by atoms with Gasteiger partial charge in [-0.1, -0.05) is 0 Å². The normalized spacial score (nSPS) is 17.8. The maximum atomic E-state index is 13.3. The van der Waals surface area contributed by atoms with Gasteiger partial charge in [0.1, 0.15) is 11.5 Å². The second-order valence-electron chi connectivity index (χ2n) is 4.59. The van der Waals surface area contributed by atoms with Crippen molar-refractivity contribution in [3.63, 3.8) is 0 Å². The van der Waals surface area contributed by atoms with Crippen molar-refractivity contribution in [1.29, 1.82) is 0 Å². The number of hydroxylamine groups is 3. The molecule has 1 aliphatic rings. The number of aliphatic imine (C=N–C) groups is 1. The van der Waals surface area contributed by atoms with Crippen molar-refractivity contribution >= 4 is 37.7 Å². The first-order valence-electron chi connectivity index (χ1n) is 6.66. The molecular weight excluding hydrogens is 425 g/mol. The van der Waals surface area contributed by atoms with Crippen molar-refractivity contribution in [1.82, 2.24) is 21.2 Å². The van der Waals surface area contributed by atoms with E-state index in [1.807, 2.05) is 5.48 Å². The lowest BCUT2D eigenvalue weighted by molar-refractivity contribution is 0.0432. The molecule has 0 aliphatic carbocycles. The van der Waals surface area contributed by atoms with Crippen molar-refractivity contribution in [2.24, 2.45) is 10.1 Å². The molecule has 8 N–H and O–H groups in total. The smallest absolute Gasteiger partial charge is 0.274 e. The Hall–Kier alpha value is -1.97. The molecule has 0 amide bonds. The minimum Gasteiger partial charge on any atom is -0.338 e. The lowest BCUT2D eigenvalue weighted by Gasteiger charge is -2.12. The van der Waals surface area contributed by atoms with Gasteiger partial charge in [-0.3, -0.25) is 15.7 Å². The van der Waals surface area contributed by atoms with E-state index in [4.69, 9.17) is 10.1 Å². The summed E-state index contributed by atoms with van der Waals surface area (Å²) < 4.78 is 37.1. The number of rotatable bonds is 7. The van der Waals surface area contributed by atoms with Gasteiger partial charge in [-0.05, 0) is 34.1 Å². The van der Waals surface area contributed by atoms with E-state index in [-0.39, 0.29) is 34.9 Å². The minimum absolute atomic E-state index is 0.0302. The molecule has 1 aliphatic heterocycles. The Morgan fingerprint density at radius 3 is 2.84 bits per heavy atom. The molecule has 14 heteroatoms. The quantitative estimate of drug-likeness (QED) is 0.218. The van der Waals surface area contributed by atoms with Gasteiger partial charge < -0.3 is 5.32 Å². The van der Waals surface area contributed by atoms with E-state index in [9.17, 15) is 18.0 Å². The van der Waals surface area contributed by atoms with E-state index >= 15 is 0 Å². The lowest BCUT2D eigenvalue weighted by atomic mass is 10.3. The van der Waals surface area contributed by atoms with Crippen LogP contribution in [0.4, 0.5) is 10.1 Å². The molecule has 1 saturated heterocycles. The topological polar surface area (TPSA) is 162 Å². The first-order chi connectivity index (χ1) is 11.8. The number of anilines is 1. The molecule has 138 valence electrons. The van der Waals surface area contributed by atoms with Gasteiger partial charge in [0.15, 0.2) is 11.7 Å². The number of nitrogens with one attached hydrogen (secondary N) is 5. The van der Waals surface area contributed by atoms with Crippen LogP contribution in [0, 0.1) is 5.82 Å². The minimum atomic E-state index is -3.80. The maximum absolute atomic E-state index is 13.3. The van der Waals surface area contributed by atoms with Crippen molar-refractivity contribution in [2.45, 2.75) is 0 Å². The molecule has 1 aromatic rings. The fourth-order valence-corrected chi connectivity index (χ4v) is 2.48. The highest BCUT2D eigenvalue weighted by atomic mass is 79.9. The highest BCUT2D eigenvalue weighted by Gasteiger charge is 2.21. The second kappa shape index (κ2) is 8.41. The summed E-state index contributed by atoms with van der Waals surface area (Å²) >= 11 is 3.05. The standard InChI is InChI=1S/C11H15BrFN7O4S/c12-7-5-6(1-2-8(7)13)17-11(18-21)9-10(20-24-19-9)15-3-4-16-25(14,22)23/h1-2,5,16-19,21H,3-4H2,(H,15,20)(H2,14,22,23)/b11-9+. The number of halogens is 2. The predicted octanol–water partition coefficient (Wildman–Crippen LogP) is -0.621. The van der Waals surface area contributed by atoms with Crippen LogP contribution < -0.4 is 31.6 Å². The summed E-state index contributed by atoms with van der Waals surface area (Å²) in [6.07, 6.45) is 0. The van der Waals surface area contributed by atoms with Gasteiger partial charge >= 0.3 is 0 Å². The molecule has 0 unspecified atom stereocenters. The lowest BCUT2D eigenvalue weighted by Crippen LogP contribution is -2.33. The molecule has 1 fully saturated rings. The molecule has 1 aromatic carbocycles. The monoisotopic (exact) mass is 439 g/mol. The van der Waals surface area contributed by atoms with Gasteiger partial charge in [-0.15, -0.1) is 0 Å². The largest absolute Gasteiger partial charge is 0.338 e. The zero-order valence-corrected chi connectivity index (χ0v) is 14.9. The fourth-order valence-electron chi connectivity index (χ4n) is 1.73. The van der Waals surface area contributed by atoms with E-state index in [2.05, 4.69) is 41.9 Å². The van der Waals surface area contributed by atoms with Crippen LogP contribution in [0.2, 0.25) is 0 Å². The highest BCUT2D eigenvalue weighted by Crippen LogP contribution is 2.21. The third-order valence-corrected chi connectivity index (χ3v) is 3.99. The summed E-state index contributed by atoms with van der Waals surface area (Å²) in [5.74, 6) is -0.201. The Kier molecular flexibility index (Phi) is 6.51. The number of nitrogens with two attached hydrogens (primary N) is 1. The van der Waals surface area contributed by atoms with Gasteiger partial charge in [0.2, 0.25) is 0 Å². The van der Waals surface area contributed by atoms with Crippen LogP contribution >= 0.6 is 15.9 Å². The van der Waals surface area contributed by atoms with Crippen molar-refractivity contribution < 1.29 is 23.0 Å². The molecule has 11 nitrogen and oxygen atoms in total. The van der Waals surface area contributed by atoms with Crippen LogP contribution in [0.3, 0.4) is 0 Å². The number of hydrogen-bond acceptors (Lipinski definition) is 8. The van der Waals surface area contributed by atoms with Gasteiger partial charge in [0.25, 0.3) is 10.2 Å². The van der Waals surface area contributed by atoms with E-state index in [0.717, 1.165) is 0 Å². The number of hydrogen-bond donors (Lipinski definition) is 7. The summed E-state index contributed by atoms with van der Waals surface area (Å²) in [5.41, 5.74) is 7.50. The van der Waals surface area contributed by atoms with E-state index < -0.39 is 16.0 Å². The van der Waals surface area contributed by atoms with Crippen LogP contribution in [-0.2, 0) is 15.1 Å². The molecule has 25 heavy (non-hydrogen) atoms. The Bertz CT molecular complexity index is 802. The fraction of sp³-hybridized carbons (Fsp3) is 0.182. The third-order valence-electron chi connectivity index (χ3n) is 2.77. The predicted molar refractivity (Wildman–Crippen MR) is 90.4 cm³/mol. The first-order valence-corrected chi connectivity index (χ1v) is 9.00. The van der Waals surface area contributed by atoms with Crippen LogP contribution in [0.5, 0.6) is 0 Å². The van der Waals surface area contributed by atoms with Crippen LogP contribution in [-0.4, -0.2) is 32.6 Å². The van der Waals surface area contributed by atoms with Crippen molar-refractivity contribution in [3.05, 3.63) is 40.0 Å². The summed E-state index contributed by atoms with van der Waals surface area (Å²) in [6.45, 7) is 0.0195. The molecule has 0 saturated carbocycles. The van der Waals surface area contributed by atoms with Crippen molar-refractivity contribution in [3.8, 4) is 0 Å². The summed E-state index contributed by atoms with van der Waals surface area (Å²) in [4.78, 5) is 8.89. The number of amidine groups is 1. The van der Waals surface area contributed by atoms with Gasteiger partial charge in [-0.2, -0.15) is 13.4 Å². The molecule has 1 heterocycles. The molecule has 0 bridgehead atoms. The van der Waals surface area contributed by atoms with Gasteiger partial charge in [-0.25, -0.2) is 25.2 Å². The molecule has 0 radical (unpaired) electrons. The first kappa shape index (κ1) is 19.4. The molecular formula is C11H15BrFN7O4S. The third kappa shape index (κ3) is 5.80. The van der Waals surface area contributed by atoms with Crippen LogP contribution in [0.1, 0.15) is 0 Å². The summed E-state index contributed by atoms with van der Waals surface area (Å²) in [7, 11) is -3.80.